The van der Waals surface area contributed by atoms with E-state index in [1.807, 2.05) is 0 Å². The molecule has 150 valence electrons. The van der Waals surface area contributed by atoms with Gasteiger partial charge in [0.25, 0.3) is 11.8 Å². The molecular weight excluding hydrogens is 382 g/mol. The molecule has 10 heteroatoms. The molecule has 1 aromatic heterocycles. The Bertz CT molecular complexity index is 794. The number of carbonyl (C=O) groups excluding carboxylic acids is 4. The highest BCUT2D eigenvalue weighted by Gasteiger charge is 2.47. The maximum atomic E-state index is 12.3. The van der Waals surface area contributed by atoms with Gasteiger partial charge in [-0.25, -0.2) is 9.78 Å². The number of imide groups is 1. The SMILES string of the molecule is CCC1(C)NC(=O)N(NC(=O)CSc2ccc(C(=O)N3CCCC3)cn2)C1=O. The van der Waals surface area contributed by atoms with Crippen LogP contribution in [0.5, 0.6) is 0 Å². The van der Waals surface area contributed by atoms with Crippen molar-refractivity contribution in [2.75, 3.05) is 18.8 Å². The molecule has 28 heavy (non-hydrogen) atoms. The molecule has 2 saturated heterocycles. The number of hydrazine groups is 1. The molecule has 3 heterocycles. The molecule has 3 rings (SSSR count). The van der Waals surface area contributed by atoms with Crippen LogP contribution in [0, 0.1) is 0 Å². The summed E-state index contributed by atoms with van der Waals surface area (Å²) in [5, 5.41) is 3.86. The number of aromatic nitrogens is 1. The van der Waals surface area contributed by atoms with Gasteiger partial charge in [0.15, 0.2) is 0 Å². The number of thioether (sulfide) groups is 1. The number of urea groups is 1. The molecule has 1 unspecified atom stereocenters. The molecule has 0 aromatic carbocycles. The van der Waals surface area contributed by atoms with E-state index in [4.69, 9.17) is 0 Å². The van der Waals surface area contributed by atoms with Crippen LogP contribution < -0.4 is 10.7 Å². The van der Waals surface area contributed by atoms with Gasteiger partial charge < -0.3 is 10.2 Å². The van der Waals surface area contributed by atoms with Crippen LogP contribution in [-0.4, -0.2) is 63.0 Å². The van der Waals surface area contributed by atoms with Crippen molar-refractivity contribution in [3.63, 3.8) is 0 Å². The number of carbonyl (C=O) groups is 4. The largest absolute Gasteiger partial charge is 0.344 e. The van der Waals surface area contributed by atoms with E-state index in [0.29, 0.717) is 17.0 Å². The van der Waals surface area contributed by atoms with Crippen molar-refractivity contribution < 1.29 is 19.2 Å². The van der Waals surface area contributed by atoms with E-state index in [9.17, 15) is 19.2 Å². The zero-order chi connectivity index (χ0) is 20.3. The molecular formula is C18H23N5O4S. The van der Waals surface area contributed by atoms with Crippen molar-refractivity contribution in [2.45, 2.75) is 43.7 Å². The van der Waals surface area contributed by atoms with Crippen LogP contribution in [0.15, 0.2) is 23.4 Å². The second-order valence-electron chi connectivity index (χ2n) is 6.96. The van der Waals surface area contributed by atoms with Crippen LogP contribution in [0.3, 0.4) is 0 Å². The predicted octanol–water partition coefficient (Wildman–Crippen LogP) is 1.16. The fourth-order valence-electron chi connectivity index (χ4n) is 3.02. The first-order valence-corrected chi connectivity index (χ1v) is 10.2. The lowest BCUT2D eigenvalue weighted by molar-refractivity contribution is -0.137. The predicted molar refractivity (Wildman–Crippen MR) is 102 cm³/mol. The Morgan fingerprint density at radius 3 is 2.57 bits per heavy atom. The minimum absolute atomic E-state index is 0.0215. The normalized spacial score (nSPS) is 21.8. The van der Waals surface area contributed by atoms with Gasteiger partial charge in [0.05, 0.1) is 16.3 Å². The molecule has 1 aromatic rings. The fourth-order valence-corrected chi connectivity index (χ4v) is 3.65. The average molecular weight is 405 g/mol. The van der Waals surface area contributed by atoms with Gasteiger partial charge in [-0.15, -0.1) is 0 Å². The summed E-state index contributed by atoms with van der Waals surface area (Å²) in [6.45, 7) is 4.94. The number of hydrogen-bond donors (Lipinski definition) is 2. The molecule has 0 aliphatic carbocycles. The molecule has 9 nitrogen and oxygen atoms in total. The lowest BCUT2D eigenvalue weighted by Crippen LogP contribution is -2.49. The maximum absolute atomic E-state index is 12.3. The van der Waals surface area contributed by atoms with Crippen LogP contribution in [-0.2, 0) is 9.59 Å². The average Bonchev–Trinajstić information content (AvgIpc) is 3.30. The third-order valence-corrected chi connectivity index (χ3v) is 5.88. The monoisotopic (exact) mass is 405 g/mol. The van der Waals surface area contributed by atoms with Crippen LogP contribution >= 0.6 is 11.8 Å². The van der Waals surface area contributed by atoms with Crippen molar-refractivity contribution in [2.24, 2.45) is 0 Å². The van der Waals surface area contributed by atoms with E-state index in [1.54, 1.807) is 30.9 Å². The quantitative estimate of drug-likeness (QED) is 0.543. The van der Waals surface area contributed by atoms with Crippen LogP contribution in [0.2, 0.25) is 0 Å². The highest BCUT2D eigenvalue weighted by Crippen LogP contribution is 2.20. The minimum Gasteiger partial charge on any atom is -0.339 e. The van der Waals surface area contributed by atoms with Gasteiger partial charge in [0.1, 0.15) is 5.54 Å². The Kier molecular flexibility index (Phi) is 5.87. The Morgan fingerprint density at radius 1 is 1.29 bits per heavy atom. The van der Waals surface area contributed by atoms with Crippen molar-refractivity contribution in [3.8, 4) is 0 Å². The summed E-state index contributed by atoms with van der Waals surface area (Å²) in [6.07, 6.45) is 3.98. The Labute approximate surface area is 167 Å². The summed E-state index contributed by atoms with van der Waals surface area (Å²) in [5.41, 5.74) is 1.85. The molecule has 2 aliphatic heterocycles. The van der Waals surface area contributed by atoms with Crippen molar-refractivity contribution in [3.05, 3.63) is 23.9 Å². The summed E-state index contributed by atoms with van der Waals surface area (Å²) in [4.78, 5) is 54.6. The molecule has 2 N–H and O–H groups in total. The summed E-state index contributed by atoms with van der Waals surface area (Å²) >= 11 is 1.15. The zero-order valence-electron chi connectivity index (χ0n) is 15.9. The molecule has 2 aliphatic rings. The van der Waals surface area contributed by atoms with Gasteiger partial charge >= 0.3 is 6.03 Å². The fraction of sp³-hybridized carbons (Fsp3) is 0.500. The minimum atomic E-state index is -1.00. The maximum Gasteiger partial charge on any atom is 0.344 e. The standard InChI is InChI=1S/C18H23N5O4S/c1-3-18(2)16(26)23(17(27)20-18)21-13(24)11-28-14-7-6-12(10-19-14)15(25)22-8-4-5-9-22/h6-7,10H,3-5,8-9,11H2,1-2H3,(H,20,27)(H,21,24). The Morgan fingerprint density at radius 2 is 2.00 bits per heavy atom. The van der Waals surface area contributed by atoms with Gasteiger partial charge in [-0.05, 0) is 38.3 Å². The van der Waals surface area contributed by atoms with Gasteiger partial charge in [-0.2, -0.15) is 5.01 Å². The van der Waals surface area contributed by atoms with E-state index < -0.39 is 23.4 Å². The number of amides is 5. The van der Waals surface area contributed by atoms with Crippen LogP contribution in [0.4, 0.5) is 4.79 Å². The summed E-state index contributed by atoms with van der Waals surface area (Å²) in [7, 11) is 0. The van der Waals surface area contributed by atoms with E-state index in [-0.39, 0.29) is 11.7 Å². The number of likely N-dealkylation sites (tertiary alicyclic amines) is 1. The number of pyridine rings is 1. The molecule has 0 radical (unpaired) electrons. The first-order chi connectivity index (χ1) is 13.3. The third-order valence-electron chi connectivity index (χ3n) is 4.93. The molecule has 0 bridgehead atoms. The number of rotatable bonds is 6. The number of nitrogens with one attached hydrogen (secondary N) is 2. The van der Waals surface area contributed by atoms with Gasteiger partial charge in [-0.1, -0.05) is 18.7 Å². The van der Waals surface area contributed by atoms with E-state index in [0.717, 1.165) is 42.7 Å². The number of nitrogens with zero attached hydrogens (tertiary/aromatic N) is 3. The summed E-state index contributed by atoms with van der Waals surface area (Å²) in [6, 6.07) is 2.73. The second-order valence-corrected chi connectivity index (χ2v) is 7.96. The highest BCUT2D eigenvalue weighted by atomic mass is 32.2. The molecule has 5 amide bonds. The van der Waals surface area contributed by atoms with Gasteiger partial charge in [-0.3, -0.25) is 19.8 Å². The van der Waals surface area contributed by atoms with E-state index in [2.05, 4.69) is 15.7 Å². The lowest BCUT2D eigenvalue weighted by Gasteiger charge is -2.19. The molecule has 2 fully saturated rings. The van der Waals surface area contributed by atoms with Crippen molar-refractivity contribution in [1.82, 2.24) is 25.6 Å². The van der Waals surface area contributed by atoms with Gasteiger partial charge in [0, 0.05) is 19.3 Å². The van der Waals surface area contributed by atoms with Crippen molar-refractivity contribution >= 4 is 35.5 Å². The topological polar surface area (TPSA) is 112 Å². The smallest absolute Gasteiger partial charge is 0.339 e. The second kappa shape index (κ2) is 8.17. The first kappa shape index (κ1) is 20.1. The summed E-state index contributed by atoms with van der Waals surface area (Å²) in [5.74, 6) is -1.03. The Balaban J connectivity index is 1.51. The molecule has 1 atom stereocenters. The zero-order valence-corrected chi connectivity index (χ0v) is 16.7. The van der Waals surface area contributed by atoms with Crippen LogP contribution in [0.1, 0.15) is 43.5 Å². The van der Waals surface area contributed by atoms with E-state index >= 15 is 0 Å². The third kappa shape index (κ3) is 4.11. The van der Waals surface area contributed by atoms with E-state index in [1.165, 1.54) is 6.20 Å². The molecule has 0 saturated carbocycles. The van der Waals surface area contributed by atoms with Crippen LogP contribution in [0.25, 0.3) is 0 Å². The molecule has 0 spiro atoms. The first-order valence-electron chi connectivity index (χ1n) is 9.18. The lowest BCUT2D eigenvalue weighted by atomic mass is 10.00. The van der Waals surface area contributed by atoms with Gasteiger partial charge in [0.2, 0.25) is 5.91 Å². The summed E-state index contributed by atoms with van der Waals surface area (Å²) < 4.78 is 0. The van der Waals surface area contributed by atoms with Crippen molar-refractivity contribution in [1.29, 1.82) is 0 Å². The Hall–Kier alpha value is -2.62. The number of hydrogen-bond acceptors (Lipinski definition) is 6. The highest BCUT2D eigenvalue weighted by molar-refractivity contribution is 7.99.